The van der Waals surface area contributed by atoms with Crippen LogP contribution in [-0.2, 0) is 9.47 Å². The molecule has 0 bridgehead atoms. The Hall–Kier alpha value is -2.73. The molecular formula is C18H16O3. The Labute approximate surface area is 124 Å². The monoisotopic (exact) mass is 280 g/mol. The molecule has 0 radical (unpaired) electrons. The van der Waals surface area contributed by atoms with Crippen LogP contribution in [0.25, 0.3) is 0 Å². The summed E-state index contributed by atoms with van der Waals surface area (Å²) in [7, 11) is 0. The van der Waals surface area contributed by atoms with Crippen molar-refractivity contribution in [2.24, 2.45) is 0 Å². The second-order valence-electron chi connectivity index (χ2n) is 4.24. The molecule has 3 nitrogen and oxygen atoms in total. The van der Waals surface area contributed by atoms with Crippen LogP contribution >= 0.6 is 0 Å². The molecule has 0 amide bonds. The Kier molecular flexibility index (Phi) is 5.42. The van der Waals surface area contributed by atoms with Gasteiger partial charge in [0.1, 0.15) is 6.11 Å². The average Bonchev–Trinajstić information content (AvgIpc) is 2.55. The van der Waals surface area contributed by atoms with E-state index in [9.17, 15) is 4.79 Å². The fourth-order valence-electron chi connectivity index (χ4n) is 1.73. The van der Waals surface area contributed by atoms with Gasteiger partial charge in [0.05, 0.1) is 12.2 Å². The van der Waals surface area contributed by atoms with Gasteiger partial charge in [0.25, 0.3) is 0 Å². The summed E-state index contributed by atoms with van der Waals surface area (Å²) < 4.78 is 10.5. The van der Waals surface area contributed by atoms with Gasteiger partial charge in [-0.15, -0.1) is 0 Å². The number of hydrogen-bond donors (Lipinski definition) is 0. The molecule has 0 heterocycles. The number of ether oxygens (including phenoxy) is 2. The van der Waals surface area contributed by atoms with E-state index in [2.05, 4.69) is 12.0 Å². The summed E-state index contributed by atoms with van der Waals surface area (Å²) in [4.78, 5) is 12.1. The molecule has 0 fully saturated rings. The van der Waals surface area contributed by atoms with E-state index in [1.807, 2.05) is 43.3 Å². The van der Waals surface area contributed by atoms with Crippen LogP contribution in [0.4, 0.5) is 0 Å². The molecule has 0 aliphatic rings. The largest absolute Gasteiger partial charge is 0.447 e. The Balaban J connectivity index is 2.17. The minimum atomic E-state index is -0.648. The van der Waals surface area contributed by atoms with Crippen LogP contribution < -0.4 is 0 Å². The van der Waals surface area contributed by atoms with Crippen molar-refractivity contribution in [2.45, 2.75) is 13.0 Å². The number of benzene rings is 2. The molecule has 0 aliphatic heterocycles. The topological polar surface area (TPSA) is 35.5 Å². The summed E-state index contributed by atoms with van der Waals surface area (Å²) in [6.45, 7) is 2.34. The van der Waals surface area contributed by atoms with Crippen LogP contribution in [0.1, 0.15) is 28.9 Å². The van der Waals surface area contributed by atoms with Gasteiger partial charge in [0, 0.05) is 5.56 Å². The van der Waals surface area contributed by atoms with E-state index in [0.717, 1.165) is 5.56 Å². The summed E-state index contributed by atoms with van der Waals surface area (Å²) in [6, 6.07) is 18.2. The number of hydrogen-bond acceptors (Lipinski definition) is 3. The lowest BCUT2D eigenvalue weighted by Gasteiger charge is -2.12. The molecule has 2 aromatic carbocycles. The van der Waals surface area contributed by atoms with Gasteiger partial charge in [0.2, 0.25) is 0 Å². The molecule has 3 heteroatoms. The number of carbonyl (C=O) groups is 1. The Bertz CT molecular complexity index is 624. The second-order valence-corrected chi connectivity index (χ2v) is 4.24. The Morgan fingerprint density at radius 1 is 1.05 bits per heavy atom. The lowest BCUT2D eigenvalue weighted by molar-refractivity contribution is 0.0406. The quantitative estimate of drug-likeness (QED) is 0.634. The second kappa shape index (κ2) is 7.76. The summed E-state index contributed by atoms with van der Waals surface area (Å²) in [5.41, 5.74) is 1.31. The summed E-state index contributed by atoms with van der Waals surface area (Å²) in [5, 5.41) is 0. The first-order valence-corrected chi connectivity index (χ1v) is 6.74. The van der Waals surface area contributed by atoms with Crippen molar-refractivity contribution >= 4 is 5.97 Å². The van der Waals surface area contributed by atoms with Gasteiger partial charge in [-0.2, -0.15) is 0 Å². The van der Waals surface area contributed by atoms with Gasteiger partial charge in [-0.1, -0.05) is 48.5 Å². The minimum absolute atomic E-state index is 0.407. The number of rotatable bonds is 4. The lowest BCUT2D eigenvalue weighted by Crippen LogP contribution is -2.10. The van der Waals surface area contributed by atoms with Crippen molar-refractivity contribution in [2.75, 3.05) is 6.61 Å². The van der Waals surface area contributed by atoms with Gasteiger partial charge in [-0.3, -0.25) is 0 Å². The van der Waals surface area contributed by atoms with Gasteiger partial charge < -0.3 is 9.47 Å². The maximum atomic E-state index is 12.1. The van der Waals surface area contributed by atoms with Crippen LogP contribution in [-0.4, -0.2) is 12.6 Å². The molecule has 2 rings (SSSR count). The van der Waals surface area contributed by atoms with Crippen LogP contribution in [0.5, 0.6) is 0 Å². The van der Waals surface area contributed by atoms with Crippen LogP contribution in [0.15, 0.2) is 60.7 Å². The van der Waals surface area contributed by atoms with Crippen molar-refractivity contribution in [1.29, 1.82) is 0 Å². The highest BCUT2D eigenvalue weighted by Crippen LogP contribution is 2.18. The maximum Gasteiger partial charge on any atom is 0.339 e. The fraction of sp³-hybridized carbons (Fsp3) is 0.167. The smallest absolute Gasteiger partial charge is 0.339 e. The van der Waals surface area contributed by atoms with Gasteiger partial charge in [-0.05, 0) is 25.0 Å². The van der Waals surface area contributed by atoms with Crippen molar-refractivity contribution in [1.82, 2.24) is 0 Å². The molecule has 0 spiro atoms. The van der Waals surface area contributed by atoms with E-state index in [-0.39, 0.29) is 0 Å². The van der Waals surface area contributed by atoms with Crippen LogP contribution in [0.2, 0.25) is 0 Å². The number of esters is 1. The molecule has 106 valence electrons. The minimum Gasteiger partial charge on any atom is -0.447 e. The first-order valence-electron chi connectivity index (χ1n) is 6.74. The van der Waals surface area contributed by atoms with Crippen molar-refractivity contribution in [3.8, 4) is 12.0 Å². The molecule has 0 aromatic heterocycles. The van der Waals surface area contributed by atoms with Crippen molar-refractivity contribution in [3.05, 3.63) is 71.8 Å². The molecule has 0 N–H and O–H groups in total. The highest BCUT2D eigenvalue weighted by molar-refractivity contribution is 5.89. The molecule has 0 saturated heterocycles. The maximum absolute atomic E-state index is 12.1. The number of carbonyl (C=O) groups excluding carboxylic acids is 1. The van der Waals surface area contributed by atoms with E-state index in [0.29, 0.717) is 12.2 Å². The first-order chi connectivity index (χ1) is 10.3. The highest BCUT2D eigenvalue weighted by atomic mass is 16.5. The summed E-state index contributed by atoms with van der Waals surface area (Å²) in [5.74, 6) is 2.42. The third-order valence-electron chi connectivity index (χ3n) is 2.74. The Morgan fingerprint density at radius 2 is 1.67 bits per heavy atom. The van der Waals surface area contributed by atoms with Crippen molar-refractivity contribution in [3.63, 3.8) is 0 Å². The fourth-order valence-corrected chi connectivity index (χ4v) is 1.73. The van der Waals surface area contributed by atoms with E-state index < -0.39 is 12.1 Å². The molecular weight excluding hydrogens is 264 g/mol. The molecule has 2 aromatic rings. The van der Waals surface area contributed by atoms with Crippen LogP contribution in [0.3, 0.4) is 0 Å². The van der Waals surface area contributed by atoms with E-state index in [1.165, 1.54) is 0 Å². The molecule has 21 heavy (non-hydrogen) atoms. The molecule has 1 unspecified atom stereocenters. The molecule has 0 aliphatic carbocycles. The third-order valence-corrected chi connectivity index (χ3v) is 2.74. The normalized spacial score (nSPS) is 10.9. The zero-order valence-electron chi connectivity index (χ0n) is 11.8. The lowest BCUT2D eigenvalue weighted by atomic mass is 10.1. The highest BCUT2D eigenvalue weighted by Gasteiger charge is 2.15. The summed E-state index contributed by atoms with van der Waals surface area (Å²) in [6.07, 6.45) is 1.92. The van der Waals surface area contributed by atoms with Gasteiger partial charge >= 0.3 is 5.97 Å². The van der Waals surface area contributed by atoms with E-state index in [4.69, 9.17) is 9.47 Å². The summed E-state index contributed by atoms with van der Waals surface area (Å²) >= 11 is 0. The zero-order chi connectivity index (χ0) is 14.9. The van der Waals surface area contributed by atoms with Gasteiger partial charge in [0.15, 0.2) is 6.10 Å². The Morgan fingerprint density at radius 3 is 2.29 bits per heavy atom. The third kappa shape index (κ3) is 4.39. The predicted molar refractivity (Wildman–Crippen MR) is 80.4 cm³/mol. The molecule has 0 saturated carbocycles. The van der Waals surface area contributed by atoms with Crippen molar-refractivity contribution < 1.29 is 14.3 Å². The average molecular weight is 280 g/mol. The first kappa shape index (κ1) is 14.7. The van der Waals surface area contributed by atoms with Gasteiger partial charge in [-0.25, -0.2) is 4.79 Å². The SMILES string of the molecule is CCOC#CC(OC(=O)c1ccccc1)c1ccccc1. The molecule has 1 atom stereocenters. The standard InChI is InChI=1S/C18H16O3/c1-2-20-14-13-17(15-9-5-3-6-10-15)21-18(19)16-11-7-4-8-12-16/h3-12,17H,2H2,1H3. The predicted octanol–water partition coefficient (Wildman–Crippen LogP) is 3.58. The van der Waals surface area contributed by atoms with E-state index >= 15 is 0 Å². The van der Waals surface area contributed by atoms with Crippen LogP contribution in [0, 0.1) is 12.0 Å². The van der Waals surface area contributed by atoms with E-state index in [1.54, 1.807) is 24.3 Å². The zero-order valence-corrected chi connectivity index (χ0v) is 11.8.